The van der Waals surface area contributed by atoms with Crippen molar-refractivity contribution in [1.82, 2.24) is 20.2 Å². The third-order valence-electron chi connectivity index (χ3n) is 7.26. The van der Waals surface area contributed by atoms with Crippen molar-refractivity contribution in [2.75, 3.05) is 6.54 Å². The fourth-order valence-corrected chi connectivity index (χ4v) is 4.95. The predicted octanol–water partition coefficient (Wildman–Crippen LogP) is 5.52. The molecule has 3 rings (SSSR count). The number of aromatic amines is 1. The summed E-state index contributed by atoms with van der Waals surface area (Å²) in [5, 5.41) is 2.82. The van der Waals surface area contributed by atoms with E-state index in [2.05, 4.69) is 22.2 Å². The SMILES string of the molecule is CC[C@H]1CCCCN1C(=O)C[C@H](NC(=O)CCC(C)C)C(=O)C[C@@H](C)c1ncc(-c2ccc(F)cc2F)[nH]1. The first kappa shape index (κ1) is 29.5. The number of ketones is 1. The second kappa shape index (κ2) is 13.6. The summed E-state index contributed by atoms with van der Waals surface area (Å²) in [6, 6.07) is 2.54. The Hall–Kier alpha value is -3.10. The number of benzene rings is 1. The zero-order valence-electron chi connectivity index (χ0n) is 22.9. The lowest BCUT2D eigenvalue weighted by molar-refractivity contribution is -0.138. The lowest BCUT2D eigenvalue weighted by Gasteiger charge is -2.36. The minimum absolute atomic E-state index is 0.0401. The van der Waals surface area contributed by atoms with Crippen molar-refractivity contribution in [3.63, 3.8) is 0 Å². The van der Waals surface area contributed by atoms with Crippen LogP contribution >= 0.6 is 0 Å². The molecule has 0 spiro atoms. The Morgan fingerprint density at radius 2 is 1.92 bits per heavy atom. The average Bonchev–Trinajstić information content (AvgIpc) is 3.37. The van der Waals surface area contributed by atoms with Crippen LogP contribution in [0.15, 0.2) is 24.4 Å². The summed E-state index contributed by atoms with van der Waals surface area (Å²) in [4.78, 5) is 48.5. The highest BCUT2D eigenvalue weighted by Crippen LogP contribution is 2.26. The van der Waals surface area contributed by atoms with Crippen LogP contribution in [0.3, 0.4) is 0 Å². The van der Waals surface area contributed by atoms with E-state index < -0.39 is 17.7 Å². The van der Waals surface area contributed by atoms with Gasteiger partial charge in [-0.1, -0.05) is 27.7 Å². The Balaban J connectivity index is 1.72. The molecule has 1 aliphatic heterocycles. The highest BCUT2D eigenvalue weighted by molar-refractivity contribution is 5.93. The number of H-pyrrole nitrogens is 1. The second-order valence-corrected chi connectivity index (χ2v) is 10.8. The van der Waals surface area contributed by atoms with Crippen molar-refractivity contribution >= 4 is 17.6 Å². The molecule has 1 fully saturated rings. The number of rotatable bonds is 12. The topological polar surface area (TPSA) is 95.2 Å². The number of hydrogen-bond acceptors (Lipinski definition) is 4. The molecule has 0 unspecified atom stereocenters. The number of carbonyl (C=O) groups is 3. The van der Waals surface area contributed by atoms with Crippen LogP contribution in [0.4, 0.5) is 8.78 Å². The highest BCUT2D eigenvalue weighted by atomic mass is 19.1. The molecule has 1 aromatic heterocycles. The quantitative estimate of drug-likeness (QED) is 0.378. The van der Waals surface area contributed by atoms with Crippen LogP contribution in [-0.2, 0) is 14.4 Å². The van der Waals surface area contributed by atoms with E-state index in [1.165, 1.54) is 18.3 Å². The molecular weight excluding hydrogens is 490 g/mol. The zero-order chi connectivity index (χ0) is 27.8. The van der Waals surface area contributed by atoms with Crippen molar-refractivity contribution < 1.29 is 23.2 Å². The number of likely N-dealkylation sites (tertiary alicyclic amines) is 1. The summed E-state index contributed by atoms with van der Waals surface area (Å²) in [7, 11) is 0. The van der Waals surface area contributed by atoms with Gasteiger partial charge < -0.3 is 15.2 Å². The third kappa shape index (κ3) is 7.95. The van der Waals surface area contributed by atoms with Gasteiger partial charge in [-0.25, -0.2) is 13.8 Å². The van der Waals surface area contributed by atoms with Gasteiger partial charge in [-0.05, 0) is 50.2 Å². The number of aromatic nitrogens is 2. The van der Waals surface area contributed by atoms with Crippen LogP contribution in [0, 0.1) is 17.6 Å². The van der Waals surface area contributed by atoms with Crippen LogP contribution in [0.25, 0.3) is 11.3 Å². The van der Waals surface area contributed by atoms with Crippen LogP contribution < -0.4 is 5.32 Å². The number of carbonyl (C=O) groups excluding carboxylic acids is 3. The van der Waals surface area contributed by atoms with Crippen LogP contribution in [0.2, 0.25) is 0 Å². The van der Waals surface area contributed by atoms with Gasteiger partial charge in [0.05, 0.1) is 24.4 Å². The first-order valence-corrected chi connectivity index (χ1v) is 13.7. The molecule has 9 heteroatoms. The largest absolute Gasteiger partial charge is 0.346 e. The van der Waals surface area contributed by atoms with Crippen molar-refractivity contribution in [3.05, 3.63) is 41.9 Å². The highest BCUT2D eigenvalue weighted by Gasteiger charge is 2.31. The maximum Gasteiger partial charge on any atom is 0.225 e. The lowest BCUT2D eigenvalue weighted by Crippen LogP contribution is -2.49. The number of hydrogen-bond donors (Lipinski definition) is 2. The molecule has 0 aliphatic carbocycles. The number of Topliss-reactive ketones (excluding diaryl/α,β-unsaturated/α-hetero) is 1. The molecule has 2 amide bonds. The summed E-state index contributed by atoms with van der Waals surface area (Å²) in [5.41, 5.74) is 0.554. The fraction of sp³-hybridized carbons (Fsp3) is 0.586. The lowest BCUT2D eigenvalue weighted by atomic mass is 9.95. The summed E-state index contributed by atoms with van der Waals surface area (Å²) in [6.45, 7) is 8.59. The molecule has 0 radical (unpaired) electrons. The minimum Gasteiger partial charge on any atom is -0.346 e. The maximum atomic E-state index is 14.2. The number of nitrogens with one attached hydrogen (secondary N) is 2. The normalized spacial score (nSPS) is 17.3. The summed E-state index contributed by atoms with van der Waals surface area (Å²) in [5.74, 6) is -1.55. The number of nitrogens with zero attached hydrogens (tertiary/aromatic N) is 2. The Labute approximate surface area is 223 Å². The van der Waals surface area contributed by atoms with Gasteiger partial charge in [0, 0.05) is 43.0 Å². The molecule has 0 bridgehead atoms. The van der Waals surface area contributed by atoms with Gasteiger partial charge in [0.2, 0.25) is 11.8 Å². The molecular formula is C29H40F2N4O3. The van der Waals surface area contributed by atoms with Crippen molar-refractivity contribution in [3.8, 4) is 11.3 Å². The van der Waals surface area contributed by atoms with Crippen molar-refractivity contribution in [2.45, 2.75) is 97.1 Å². The third-order valence-corrected chi connectivity index (χ3v) is 7.26. The van der Waals surface area contributed by atoms with Gasteiger partial charge in [-0.2, -0.15) is 0 Å². The molecule has 208 valence electrons. The standard InChI is InChI=1S/C29H40F2N4O3/c1-5-21-8-6-7-13-35(21)28(38)16-24(33-27(37)12-9-18(2)3)26(36)14-19(4)29-32-17-25(34-29)22-11-10-20(30)15-23(22)31/h10-11,15,17-19,21,24H,5-9,12-14,16H2,1-4H3,(H,32,34)(H,33,37)/t19-,21+,24+/m1/s1. The molecule has 1 aliphatic rings. The van der Waals surface area contributed by atoms with Crippen LogP contribution in [0.5, 0.6) is 0 Å². The zero-order valence-corrected chi connectivity index (χ0v) is 22.9. The number of piperidine rings is 1. The monoisotopic (exact) mass is 530 g/mol. The Bertz CT molecular complexity index is 1120. The summed E-state index contributed by atoms with van der Waals surface area (Å²) >= 11 is 0. The Kier molecular flexibility index (Phi) is 10.6. The fourth-order valence-electron chi connectivity index (χ4n) is 4.95. The van der Waals surface area contributed by atoms with Gasteiger partial charge in [0.1, 0.15) is 17.5 Å². The van der Waals surface area contributed by atoms with E-state index >= 15 is 0 Å². The Morgan fingerprint density at radius 3 is 2.61 bits per heavy atom. The number of halogens is 2. The summed E-state index contributed by atoms with van der Waals surface area (Å²) < 4.78 is 27.5. The molecule has 2 aromatic rings. The van der Waals surface area contributed by atoms with Gasteiger partial charge in [-0.15, -0.1) is 0 Å². The molecule has 2 N–H and O–H groups in total. The van der Waals surface area contributed by atoms with Gasteiger partial charge in [-0.3, -0.25) is 14.4 Å². The van der Waals surface area contributed by atoms with Gasteiger partial charge in [0.25, 0.3) is 0 Å². The number of amides is 2. The van der Waals surface area contributed by atoms with E-state index in [9.17, 15) is 23.2 Å². The first-order valence-electron chi connectivity index (χ1n) is 13.7. The minimum atomic E-state index is -0.923. The van der Waals surface area contributed by atoms with E-state index in [0.29, 0.717) is 30.4 Å². The second-order valence-electron chi connectivity index (χ2n) is 10.8. The maximum absolute atomic E-state index is 14.2. The van der Waals surface area contributed by atoms with Crippen molar-refractivity contribution in [2.24, 2.45) is 5.92 Å². The van der Waals surface area contributed by atoms with E-state index in [1.807, 2.05) is 18.7 Å². The summed E-state index contributed by atoms with van der Waals surface area (Å²) in [6.07, 6.45) is 6.23. The molecule has 7 nitrogen and oxygen atoms in total. The van der Waals surface area contributed by atoms with Gasteiger partial charge >= 0.3 is 0 Å². The number of imidazole rings is 1. The smallest absolute Gasteiger partial charge is 0.225 e. The first-order chi connectivity index (χ1) is 18.1. The average molecular weight is 531 g/mol. The van der Waals surface area contributed by atoms with Crippen LogP contribution in [-0.4, -0.2) is 51.1 Å². The Morgan fingerprint density at radius 1 is 1.16 bits per heavy atom. The molecule has 2 heterocycles. The van der Waals surface area contributed by atoms with E-state index in [1.54, 1.807) is 6.92 Å². The molecule has 1 aromatic carbocycles. The molecule has 3 atom stereocenters. The van der Waals surface area contributed by atoms with E-state index in [4.69, 9.17) is 0 Å². The van der Waals surface area contributed by atoms with E-state index in [-0.39, 0.29) is 54.4 Å². The molecule has 0 saturated carbocycles. The molecule has 38 heavy (non-hydrogen) atoms. The van der Waals surface area contributed by atoms with Gasteiger partial charge in [0.15, 0.2) is 5.78 Å². The van der Waals surface area contributed by atoms with Crippen molar-refractivity contribution in [1.29, 1.82) is 0 Å². The predicted molar refractivity (Wildman–Crippen MR) is 142 cm³/mol. The molecule has 1 saturated heterocycles. The van der Waals surface area contributed by atoms with Crippen LogP contribution in [0.1, 0.15) is 90.8 Å². The van der Waals surface area contributed by atoms with E-state index in [0.717, 1.165) is 31.7 Å².